The zero-order chi connectivity index (χ0) is 15.1. The van der Waals surface area contributed by atoms with E-state index in [2.05, 4.69) is 5.32 Å². The van der Waals surface area contributed by atoms with E-state index in [-0.39, 0.29) is 18.6 Å². The van der Waals surface area contributed by atoms with Crippen molar-refractivity contribution in [3.05, 3.63) is 0 Å². The van der Waals surface area contributed by atoms with Gasteiger partial charge in [0, 0.05) is 6.42 Å². The fourth-order valence-corrected chi connectivity index (χ4v) is 1.86. The number of rotatable bonds is 7. The first-order chi connectivity index (χ1) is 8.70. The molecule has 0 aliphatic rings. The van der Waals surface area contributed by atoms with Crippen molar-refractivity contribution in [1.82, 2.24) is 5.32 Å². The van der Waals surface area contributed by atoms with Gasteiger partial charge in [0.2, 0.25) is 0 Å². The van der Waals surface area contributed by atoms with E-state index in [4.69, 9.17) is 4.74 Å². The first-order valence-corrected chi connectivity index (χ1v) is 6.81. The van der Waals surface area contributed by atoms with Crippen LogP contribution in [0.4, 0.5) is 9.18 Å². The number of alkyl carbamates (subject to hydrolysis) is 1. The summed E-state index contributed by atoms with van der Waals surface area (Å²) in [6.45, 7) is 8.41. The number of Topliss-reactive ketones (excluding diaryl/α,β-unsaturated/α-hetero) is 1. The van der Waals surface area contributed by atoms with Gasteiger partial charge < -0.3 is 10.1 Å². The van der Waals surface area contributed by atoms with Crippen molar-refractivity contribution >= 4 is 11.9 Å². The van der Waals surface area contributed by atoms with Crippen LogP contribution in [-0.2, 0) is 9.53 Å². The Balaban J connectivity index is 4.79. The van der Waals surface area contributed by atoms with Gasteiger partial charge >= 0.3 is 6.09 Å². The molecule has 0 aromatic rings. The summed E-state index contributed by atoms with van der Waals surface area (Å²) in [5.41, 5.74) is -1.56. The van der Waals surface area contributed by atoms with Crippen molar-refractivity contribution < 1.29 is 18.7 Å². The summed E-state index contributed by atoms with van der Waals surface area (Å²) >= 11 is 0. The summed E-state index contributed by atoms with van der Waals surface area (Å²) < 4.78 is 17.3. The van der Waals surface area contributed by atoms with Gasteiger partial charge in [-0.3, -0.25) is 9.18 Å². The Morgan fingerprint density at radius 2 is 1.68 bits per heavy atom. The van der Waals surface area contributed by atoms with Gasteiger partial charge in [0.15, 0.2) is 5.78 Å². The predicted octanol–water partition coefficient (Wildman–Crippen LogP) is 3.39. The van der Waals surface area contributed by atoms with Gasteiger partial charge in [0.05, 0.1) is 6.67 Å². The fraction of sp³-hybridized carbons (Fsp3) is 0.857. The Morgan fingerprint density at radius 3 is 2.05 bits per heavy atom. The lowest BCUT2D eigenvalue weighted by atomic mass is 9.86. The van der Waals surface area contributed by atoms with Crippen molar-refractivity contribution in [2.75, 3.05) is 6.67 Å². The van der Waals surface area contributed by atoms with E-state index in [1.807, 2.05) is 13.8 Å². The second kappa shape index (κ2) is 7.46. The second-order valence-electron chi connectivity index (χ2n) is 5.63. The molecule has 0 radical (unpaired) electrons. The molecule has 0 spiro atoms. The molecule has 4 nitrogen and oxygen atoms in total. The van der Waals surface area contributed by atoms with Crippen LogP contribution >= 0.6 is 0 Å². The second-order valence-corrected chi connectivity index (χ2v) is 5.63. The highest BCUT2D eigenvalue weighted by Crippen LogP contribution is 2.20. The zero-order valence-corrected chi connectivity index (χ0v) is 12.6. The first-order valence-electron chi connectivity index (χ1n) is 6.81. The van der Waals surface area contributed by atoms with Gasteiger partial charge in [-0.1, -0.05) is 13.8 Å². The minimum absolute atomic E-state index is 0.133. The Labute approximate surface area is 115 Å². The molecule has 0 bridgehead atoms. The van der Waals surface area contributed by atoms with Crippen molar-refractivity contribution in [1.29, 1.82) is 0 Å². The SMILES string of the molecule is CCC(CC)(NC(=O)OC(C)(C)C)C(=O)CCCF. The predicted molar refractivity (Wildman–Crippen MR) is 72.9 cm³/mol. The number of ether oxygens (including phenoxy) is 1. The van der Waals surface area contributed by atoms with E-state index < -0.39 is 23.9 Å². The summed E-state index contributed by atoms with van der Waals surface area (Å²) in [5, 5.41) is 2.66. The maximum absolute atomic E-state index is 12.2. The number of amides is 1. The number of halogens is 1. The summed E-state index contributed by atoms with van der Waals surface area (Å²) in [7, 11) is 0. The zero-order valence-electron chi connectivity index (χ0n) is 12.6. The molecule has 0 heterocycles. The van der Waals surface area contributed by atoms with E-state index >= 15 is 0 Å². The third-order valence-corrected chi connectivity index (χ3v) is 3.02. The molecule has 1 N–H and O–H groups in total. The molecule has 0 atom stereocenters. The van der Waals surface area contributed by atoms with Gasteiger partial charge in [-0.2, -0.15) is 0 Å². The van der Waals surface area contributed by atoms with Crippen molar-refractivity contribution in [3.8, 4) is 0 Å². The topological polar surface area (TPSA) is 55.4 Å². The highest BCUT2D eigenvalue weighted by Gasteiger charge is 2.36. The van der Waals surface area contributed by atoms with Crippen molar-refractivity contribution in [2.24, 2.45) is 0 Å². The molecule has 0 unspecified atom stereocenters. The minimum Gasteiger partial charge on any atom is -0.444 e. The number of hydrogen-bond donors (Lipinski definition) is 1. The number of alkyl halides is 1. The molecule has 0 fully saturated rings. The van der Waals surface area contributed by atoms with Crippen LogP contribution in [0.5, 0.6) is 0 Å². The van der Waals surface area contributed by atoms with Crippen LogP contribution in [0.3, 0.4) is 0 Å². The summed E-state index contributed by atoms with van der Waals surface area (Å²) in [4.78, 5) is 24.0. The van der Waals surface area contributed by atoms with Crippen LogP contribution in [0.1, 0.15) is 60.3 Å². The van der Waals surface area contributed by atoms with Gasteiger partial charge in [-0.15, -0.1) is 0 Å². The third kappa shape index (κ3) is 6.03. The Hall–Kier alpha value is -1.13. The van der Waals surface area contributed by atoms with Gasteiger partial charge in [-0.05, 0) is 40.0 Å². The maximum atomic E-state index is 12.2. The molecular formula is C14H26FNO3. The lowest BCUT2D eigenvalue weighted by Gasteiger charge is -2.32. The van der Waals surface area contributed by atoms with Crippen LogP contribution in [0.25, 0.3) is 0 Å². The van der Waals surface area contributed by atoms with Crippen molar-refractivity contribution in [3.63, 3.8) is 0 Å². The Kier molecular flexibility index (Phi) is 7.01. The number of carbonyl (C=O) groups excluding carboxylic acids is 2. The molecule has 0 saturated carbocycles. The van der Waals surface area contributed by atoms with E-state index in [0.29, 0.717) is 12.8 Å². The van der Waals surface area contributed by atoms with Gasteiger partial charge in [0.1, 0.15) is 11.1 Å². The minimum atomic E-state index is -0.947. The van der Waals surface area contributed by atoms with Crippen molar-refractivity contribution in [2.45, 2.75) is 71.4 Å². The molecule has 0 aliphatic carbocycles. The molecule has 0 saturated heterocycles. The lowest BCUT2D eigenvalue weighted by molar-refractivity contribution is -0.126. The Bertz CT molecular complexity index is 306. The number of nitrogens with one attached hydrogen (secondary N) is 1. The molecule has 0 aromatic heterocycles. The van der Waals surface area contributed by atoms with E-state index in [1.54, 1.807) is 20.8 Å². The normalized spacial score (nSPS) is 12.1. The monoisotopic (exact) mass is 275 g/mol. The van der Waals surface area contributed by atoms with Crippen LogP contribution in [0.15, 0.2) is 0 Å². The molecule has 0 aliphatic heterocycles. The van der Waals surface area contributed by atoms with E-state index in [0.717, 1.165) is 0 Å². The average Bonchev–Trinajstić information content (AvgIpc) is 2.30. The quantitative estimate of drug-likeness (QED) is 0.775. The molecule has 0 aromatic carbocycles. The summed E-state index contributed by atoms with van der Waals surface area (Å²) in [6, 6.07) is 0. The van der Waals surface area contributed by atoms with Gasteiger partial charge in [-0.25, -0.2) is 4.79 Å². The van der Waals surface area contributed by atoms with E-state index in [1.165, 1.54) is 0 Å². The molecule has 1 amide bonds. The molecule has 0 rings (SSSR count). The van der Waals surface area contributed by atoms with Crippen LogP contribution in [-0.4, -0.2) is 29.7 Å². The van der Waals surface area contributed by atoms with Crippen LogP contribution < -0.4 is 5.32 Å². The molecule has 5 heteroatoms. The van der Waals surface area contributed by atoms with Gasteiger partial charge in [0.25, 0.3) is 0 Å². The third-order valence-electron chi connectivity index (χ3n) is 3.02. The Morgan fingerprint density at radius 1 is 1.16 bits per heavy atom. The summed E-state index contributed by atoms with van der Waals surface area (Å²) in [5.74, 6) is -0.138. The number of hydrogen-bond acceptors (Lipinski definition) is 3. The smallest absolute Gasteiger partial charge is 0.408 e. The standard InChI is InChI=1S/C14H26FNO3/c1-6-14(7-2,11(17)9-8-10-15)16-12(18)19-13(3,4)5/h6-10H2,1-5H3,(H,16,18). The van der Waals surface area contributed by atoms with E-state index in [9.17, 15) is 14.0 Å². The summed E-state index contributed by atoms with van der Waals surface area (Å²) in [6.07, 6.45) is 0.650. The first kappa shape index (κ1) is 17.9. The largest absolute Gasteiger partial charge is 0.444 e. The van der Waals surface area contributed by atoms with Crippen LogP contribution in [0.2, 0.25) is 0 Å². The molecule has 112 valence electrons. The average molecular weight is 275 g/mol. The maximum Gasteiger partial charge on any atom is 0.408 e. The highest BCUT2D eigenvalue weighted by molar-refractivity contribution is 5.91. The molecular weight excluding hydrogens is 249 g/mol. The number of ketones is 1. The lowest BCUT2D eigenvalue weighted by Crippen LogP contribution is -2.54. The number of carbonyl (C=O) groups is 2. The fourth-order valence-electron chi connectivity index (χ4n) is 1.86. The highest BCUT2D eigenvalue weighted by atomic mass is 19.1. The van der Waals surface area contributed by atoms with Crippen LogP contribution in [0, 0.1) is 0 Å². The molecule has 19 heavy (non-hydrogen) atoms.